The van der Waals surface area contributed by atoms with Crippen LogP contribution in [0.4, 0.5) is 0 Å². The van der Waals surface area contributed by atoms with E-state index in [1.807, 2.05) is 18.9 Å². The van der Waals surface area contributed by atoms with E-state index >= 15 is 0 Å². The second kappa shape index (κ2) is 5.20. The van der Waals surface area contributed by atoms with Crippen molar-refractivity contribution in [3.63, 3.8) is 0 Å². The van der Waals surface area contributed by atoms with Crippen LogP contribution in [0.2, 0.25) is 0 Å². The molecule has 0 aromatic rings. The van der Waals surface area contributed by atoms with Crippen molar-refractivity contribution in [2.24, 2.45) is 23.7 Å². The second-order valence-electron chi connectivity index (χ2n) is 6.05. The van der Waals surface area contributed by atoms with Crippen molar-refractivity contribution in [2.45, 2.75) is 53.5 Å². The average Bonchev–Trinajstić information content (AvgIpc) is 2.99. The summed E-state index contributed by atoms with van der Waals surface area (Å²) in [4.78, 5) is 14.3. The fourth-order valence-electron chi connectivity index (χ4n) is 2.50. The Hall–Kier alpha value is -0.530. The quantitative estimate of drug-likeness (QED) is 0.704. The van der Waals surface area contributed by atoms with E-state index in [-0.39, 0.29) is 5.92 Å². The zero-order valence-electron chi connectivity index (χ0n) is 11.7. The largest absolute Gasteiger partial charge is 0.342 e. The van der Waals surface area contributed by atoms with E-state index in [0.717, 1.165) is 5.92 Å². The Labute approximate surface area is 100 Å². The lowest BCUT2D eigenvalue weighted by Crippen LogP contribution is -2.45. The second-order valence-corrected chi connectivity index (χ2v) is 6.05. The van der Waals surface area contributed by atoms with Gasteiger partial charge < -0.3 is 4.90 Å². The Balaban J connectivity index is 2.66. The smallest absolute Gasteiger partial charge is 0.225 e. The van der Waals surface area contributed by atoms with Gasteiger partial charge in [-0.1, -0.05) is 34.6 Å². The average molecular weight is 225 g/mol. The van der Waals surface area contributed by atoms with Crippen molar-refractivity contribution < 1.29 is 4.79 Å². The Bertz CT molecular complexity index is 241. The van der Waals surface area contributed by atoms with E-state index in [9.17, 15) is 4.79 Å². The van der Waals surface area contributed by atoms with Gasteiger partial charge in [0.05, 0.1) is 0 Å². The lowest BCUT2D eigenvalue weighted by atomic mass is 9.93. The molecule has 2 heteroatoms. The summed E-state index contributed by atoms with van der Waals surface area (Å²) < 4.78 is 0. The van der Waals surface area contributed by atoms with Crippen LogP contribution >= 0.6 is 0 Å². The molecule has 1 amide bonds. The Morgan fingerprint density at radius 3 is 1.88 bits per heavy atom. The summed E-state index contributed by atoms with van der Waals surface area (Å²) in [5, 5.41) is 0. The van der Waals surface area contributed by atoms with Gasteiger partial charge >= 0.3 is 0 Å². The van der Waals surface area contributed by atoms with Crippen LogP contribution in [0.1, 0.15) is 47.5 Å². The van der Waals surface area contributed by atoms with E-state index < -0.39 is 0 Å². The van der Waals surface area contributed by atoms with Gasteiger partial charge in [0.15, 0.2) is 0 Å². The maximum absolute atomic E-state index is 12.3. The third-order valence-corrected chi connectivity index (χ3v) is 3.97. The zero-order chi connectivity index (χ0) is 12.5. The molecule has 0 saturated heterocycles. The highest BCUT2D eigenvalue weighted by molar-refractivity contribution is 5.78. The first kappa shape index (κ1) is 13.5. The third kappa shape index (κ3) is 2.99. The van der Waals surface area contributed by atoms with E-state index in [2.05, 4.69) is 27.7 Å². The molecule has 1 saturated carbocycles. The van der Waals surface area contributed by atoms with Crippen molar-refractivity contribution in [1.82, 2.24) is 4.90 Å². The predicted molar refractivity (Wildman–Crippen MR) is 68.1 cm³/mol. The van der Waals surface area contributed by atoms with Crippen molar-refractivity contribution in [3.05, 3.63) is 0 Å². The van der Waals surface area contributed by atoms with Crippen LogP contribution in [0.15, 0.2) is 0 Å². The molecule has 0 radical (unpaired) electrons. The maximum Gasteiger partial charge on any atom is 0.225 e. The summed E-state index contributed by atoms with van der Waals surface area (Å²) in [7, 11) is 1.99. The molecule has 0 bridgehead atoms. The first-order chi connectivity index (χ1) is 7.36. The lowest BCUT2D eigenvalue weighted by Gasteiger charge is -2.34. The van der Waals surface area contributed by atoms with Gasteiger partial charge in [0.1, 0.15) is 0 Å². The number of hydrogen-bond acceptors (Lipinski definition) is 1. The van der Waals surface area contributed by atoms with Crippen molar-refractivity contribution >= 4 is 5.91 Å². The molecule has 94 valence electrons. The van der Waals surface area contributed by atoms with E-state index in [1.54, 1.807) is 0 Å². The summed E-state index contributed by atoms with van der Waals surface area (Å²) in [6, 6.07) is 0.452. The van der Waals surface area contributed by atoms with Gasteiger partial charge in [-0.15, -0.1) is 0 Å². The number of amides is 1. The highest BCUT2D eigenvalue weighted by atomic mass is 16.2. The molecule has 1 rings (SSSR count). The molecule has 0 aliphatic heterocycles. The topological polar surface area (TPSA) is 20.3 Å². The molecule has 0 spiro atoms. The summed E-state index contributed by atoms with van der Waals surface area (Å²) >= 11 is 0. The van der Waals surface area contributed by atoms with Gasteiger partial charge in [0.2, 0.25) is 5.91 Å². The molecule has 2 atom stereocenters. The Morgan fingerprint density at radius 2 is 1.56 bits per heavy atom. The molecule has 0 aromatic carbocycles. The maximum atomic E-state index is 12.3. The lowest BCUT2D eigenvalue weighted by molar-refractivity contribution is -0.138. The van der Waals surface area contributed by atoms with Gasteiger partial charge in [-0.25, -0.2) is 0 Å². The van der Waals surface area contributed by atoms with Gasteiger partial charge in [-0.05, 0) is 30.6 Å². The molecular weight excluding hydrogens is 198 g/mol. The predicted octanol–water partition coefficient (Wildman–Crippen LogP) is 3.17. The first-order valence-corrected chi connectivity index (χ1v) is 6.63. The molecule has 0 N–H and O–H groups in total. The van der Waals surface area contributed by atoms with Crippen LogP contribution in [0.25, 0.3) is 0 Å². The molecule has 16 heavy (non-hydrogen) atoms. The highest BCUT2D eigenvalue weighted by Gasteiger charge is 2.38. The standard InChI is InChI=1S/C14H27NO/c1-9(2)11(5)14(16)15(6)13(10(3)4)12-7-8-12/h9-13H,7-8H2,1-6H3/t11-,13+/m0/s1. The summed E-state index contributed by atoms with van der Waals surface area (Å²) in [5.74, 6) is 2.22. The SMILES string of the molecule is CC(C)[C@H](C1CC1)N(C)C(=O)[C@@H](C)C(C)C. The monoisotopic (exact) mass is 225 g/mol. The third-order valence-electron chi connectivity index (χ3n) is 3.97. The van der Waals surface area contributed by atoms with Crippen molar-refractivity contribution in [1.29, 1.82) is 0 Å². The Kier molecular flexibility index (Phi) is 4.40. The van der Waals surface area contributed by atoms with Gasteiger partial charge in [-0.3, -0.25) is 4.79 Å². The molecule has 1 fully saturated rings. The first-order valence-electron chi connectivity index (χ1n) is 6.63. The molecule has 2 nitrogen and oxygen atoms in total. The molecule has 1 aliphatic rings. The van der Waals surface area contributed by atoms with Crippen LogP contribution in [0, 0.1) is 23.7 Å². The van der Waals surface area contributed by atoms with Gasteiger partial charge in [0, 0.05) is 19.0 Å². The number of carbonyl (C=O) groups is 1. The molecule has 0 unspecified atom stereocenters. The highest BCUT2D eigenvalue weighted by Crippen LogP contribution is 2.38. The van der Waals surface area contributed by atoms with Crippen LogP contribution < -0.4 is 0 Å². The molecule has 0 heterocycles. The van der Waals surface area contributed by atoms with E-state index in [0.29, 0.717) is 23.8 Å². The van der Waals surface area contributed by atoms with E-state index in [4.69, 9.17) is 0 Å². The fourth-order valence-corrected chi connectivity index (χ4v) is 2.50. The minimum absolute atomic E-state index is 0.144. The number of rotatable bonds is 5. The summed E-state index contributed by atoms with van der Waals surface area (Å²) in [6.45, 7) is 10.8. The number of carbonyl (C=O) groups excluding carboxylic acids is 1. The molecule has 0 aromatic heterocycles. The van der Waals surface area contributed by atoms with Crippen LogP contribution in [0.5, 0.6) is 0 Å². The Morgan fingerprint density at radius 1 is 1.06 bits per heavy atom. The fraction of sp³-hybridized carbons (Fsp3) is 0.929. The number of nitrogens with zero attached hydrogens (tertiary/aromatic N) is 1. The van der Waals surface area contributed by atoms with Crippen LogP contribution in [0.3, 0.4) is 0 Å². The van der Waals surface area contributed by atoms with Gasteiger partial charge in [0.25, 0.3) is 0 Å². The number of hydrogen-bond donors (Lipinski definition) is 0. The van der Waals surface area contributed by atoms with Crippen LogP contribution in [-0.4, -0.2) is 23.9 Å². The van der Waals surface area contributed by atoms with Crippen LogP contribution in [-0.2, 0) is 4.79 Å². The summed E-state index contributed by atoms with van der Waals surface area (Å²) in [5.41, 5.74) is 0. The minimum atomic E-state index is 0.144. The van der Waals surface area contributed by atoms with Crippen molar-refractivity contribution in [2.75, 3.05) is 7.05 Å². The van der Waals surface area contributed by atoms with Gasteiger partial charge in [-0.2, -0.15) is 0 Å². The summed E-state index contributed by atoms with van der Waals surface area (Å²) in [6.07, 6.45) is 2.60. The minimum Gasteiger partial charge on any atom is -0.342 e. The zero-order valence-corrected chi connectivity index (χ0v) is 11.7. The molecule has 1 aliphatic carbocycles. The molecular formula is C14H27NO. The van der Waals surface area contributed by atoms with Crippen molar-refractivity contribution in [3.8, 4) is 0 Å². The normalized spacial score (nSPS) is 20.0. The van der Waals surface area contributed by atoms with E-state index in [1.165, 1.54) is 12.8 Å².